The first-order valence-corrected chi connectivity index (χ1v) is 4.50. The van der Waals surface area contributed by atoms with Crippen LogP contribution in [0, 0.1) is 11.8 Å². The second kappa shape index (κ2) is 5.55. The van der Waals surface area contributed by atoms with E-state index in [2.05, 4.69) is 16.6 Å². The van der Waals surface area contributed by atoms with E-state index in [1.54, 1.807) is 0 Å². The molecule has 0 aliphatic rings. The summed E-state index contributed by atoms with van der Waals surface area (Å²) >= 11 is 0. The van der Waals surface area contributed by atoms with Crippen molar-refractivity contribution in [2.45, 2.75) is 12.5 Å². The van der Waals surface area contributed by atoms with Crippen molar-refractivity contribution < 1.29 is 27.4 Å². The highest BCUT2D eigenvalue weighted by Gasteiger charge is 2.43. The summed E-state index contributed by atoms with van der Waals surface area (Å²) in [5, 5.41) is 8.43. The first kappa shape index (κ1) is 13.3. The summed E-state index contributed by atoms with van der Waals surface area (Å²) in [5.74, 6) is 4.31. The largest absolute Gasteiger partial charge is 0.461 e. The minimum atomic E-state index is -4.54. The van der Waals surface area contributed by atoms with Gasteiger partial charge in [0, 0.05) is 5.56 Å². The number of aliphatic hydroxyl groups excluding tert-OH is 1. The van der Waals surface area contributed by atoms with Gasteiger partial charge in [-0.25, -0.2) is 0 Å². The minimum absolute atomic E-state index is 0.279. The quantitative estimate of drug-likeness (QED) is 0.656. The van der Waals surface area contributed by atoms with Gasteiger partial charge in [-0.15, -0.1) is 0 Å². The first-order chi connectivity index (χ1) is 7.95. The fourth-order valence-electron chi connectivity index (χ4n) is 0.981. The Bertz CT molecular complexity index is 435. The summed E-state index contributed by atoms with van der Waals surface area (Å²) in [6, 6.07) is 4.99. The van der Waals surface area contributed by atoms with Crippen LogP contribution in [0.15, 0.2) is 24.3 Å². The minimum Gasteiger partial charge on any atom is -0.428 e. The molecule has 1 N–H and O–H groups in total. The van der Waals surface area contributed by atoms with Crippen LogP contribution in [-0.2, 0) is 0 Å². The van der Waals surface area contributed by atoms with Crippen molar-refractivity contribution in [3.05, 3.63) is 29.8 Å². The number of hydrogen-bond donors (Lipinski definition) is 1. The number of aliphatic hydroxyl groups is 1. The van der Waals surface area contributed by atoms with Crippen LogP contribution < -0.4 is 4.74 Å². The summed E-state index contributed by atoms with van der Waals surface area (Å²) in [6.07, 6.45) is -8.45. The lowest BCUT2D eigenvalue weighted by atomic mass is 10.2. The van der Waals surface area contributed by atoms with E-state index in [1.165, 1.54) is 12.1 Å². The van der Waals surface area contributed by atoms with Gasteiger partial charge in [-0.1, -0.05) is 17.9 Å². The summed E-state index contributed by atoms with van der Waals surface area (Å²) in [6.45, 7) is -0.391. The van der Waals surface area contributed by atoms with E-state index in [0.717, 1.165) is 12.1 Å². The molecule has 0 aliphatic carbocycles. The van der Waals surface area contributed by atoms with E-state index >= 15 is 0 Å². The number of ether oxygens (including phenoxy) is 1. The average Bonchev–Trinajstić information content (AvgIpc) is 2.26. The van der Waals surface area contributed by atoms with Crippen molar-refractivity contribution in [3.63, 3.8) is 0 Å². The lowest BCUT2D eigenvalue weighted by Gasteiger charge is -2.16. The predicted molar refractivity (Wildman–Crippen MR) is 52.0 cm³/mol. The Labute approximate surface area is 94.8 Å². The van der Waals surface area contributed by atoms with Crippen LogP contribution in [-0.4, -0.2) is 24.2 Å². The van der Waals surface area contributed by atoms with Gasteiger partial charge >= 0.3 is 12.5 Å². The molecule has 0 saturated carbocycles. The van der Waals surface area contributed by atoms with E-state index < -0.39 is 24.9 Å². The molecule has 0 heterocycles. The van der Waals surface area contributed by atoms with Gasteiger partial charge in [-0.3, -0.25) is 0 Å². The van der Waals surface area contributed by atoms with E-state index in [0.29, 0.717) is 0 Å². The smallest absolute Gasteiger partial charge is 0.428 e. The van der Waals surface area contributed by atoms with Crippen LogP contribution in [0.3, 0.4) is 0 Å². The Morgan fingerprint density at radius 2 is 2.06 bits per heavy atom. The van der Waals surface area contributed by atoms with Crippen LogP contribution in [0.2, 0.25) is 0 Å². The molecule has 0 unspecified atom stereocenters. The van der Waals surface area contributed by atoms with Crippen molar-refractivity contribution in [1.29, 1.82) is 0 Å². The Morgan fingerprint density at radius 3 is 2.65 bits per heavy atom. The molecular weight excluding hydrogens is 240 g/mol. The molecule has 0 atom stereocenters. The molecule has 0 saturated heterocycles. The zero-order valence-corrected chi connectivity index (χ0v) is 8.46. The number of alkyl halides is 4. The molecule has 1 rings (SSSR count). The highest BCUT2D eigenvalue weighted by Crippen LogP contribution is 2.27. The highest BCUT2D eigenvalue weighted by molar-refractivity contribution is 5.39. The van der Waals surface area contributed by atoms with Gasteiger partial charge < -0.3 is 9.84 Å². The number of halogens is 4. The monoisotopic (exact) mass is 248 g/mol. The molecule has 6 heteroatoms. The maximum atomic E-state index is 12.6. The molecule has 2 nitrogen and oxygen atoms in total. The van der Waals surface area contributed by atoms with Crippen LogP contribution in [0.4, 0.5) is 17.6 Å². The highest BCUT2D eigenvalue weighted by atomic mass is 19.3. The molecule has 0 spiro atoms. The molecule has 1 aromatic carbocycles. The van der Waals surface area contributed by atoms with Crippen LogP contribution in [0.5, 0.6) is 5.75 Å². The van der Waals surface area contributed by atoms with Crippen molar-refractivity contribution in [1.82, 2.24) is 0 Å². The fraction of sp³-hybridized carbons (Fsp3) is 0.273. The van der Waals surface area contributed by atoms with Gasteiger partial charge in [0.15, 0.2) is 0 Å². The summed E-state index contributed by atoms with van der Waals surface area (Å²) < 4.78 is 52.7. The standard InChI is InChI=1S/C11H8F4O2/c12-10(13)11(14,15)17-9-5-1-3-8(7-9)4-2-6-16/h1,3,5,7,10,16H,6H2. The normalized spacial score (nSPS) is 10.9. The number of rotatable bonds is 3. The van der Waals surface area contributed by atoms with Crippen molar-refractivity contribution in [2.24, 2.45) is 0 Å². The molecule has 17 heavy (non-hydrogen) atoms. The average molecular weight is 248 g/mol. The second-order valence-electron chi connectivity index (χ2n) is 2.95. The Balaban J connectivity index is 2.86. The lowest BCUT2D eigenvalue weighted by Crippen LogP contribution is -2.33. The molecule has 0 bridgehead atoms. The molecule has 1 aromatic rings. The van der Waals surface area contributed by atoms with Gasteiger partial charge in [0.25, 0.3) is 0 Å². The first-order valence-electron chi connectivity index (χ1n) is 4.50. The summed E-state index contributed by atoms with van der Waals surface area (Å²) in [4.78, 5) is 0. The third kappa shape index (κ3) is 3.96. The van der Waals surface area contributed by atoms with Gasteiger partial charge in [0.05, 0.1) is 0 Å². The van der Waals surface area contributed by atoms with E-state index in [1.807, 2.05) is 0 Å². The Hall–Kier alpha value is -1.74. The third-order valence-electron chi connectivity index (χ3n) is 1.65. The third-order valence-corrected chi connectivity index (χ3v) is 1.65. The molecular formula is C11H8F4O2. The fourth-order valence-corrected chi connectivity index (χ4v) is 0.981. The molecule has 0 fully saturated rings. The molecule has 0 amide bonds. The van der Waals surface area contributed by atoms with Gasteiger partial charge in [-0.05, 0) is 18.2 Å². The van der Waals surface area contributed by atoms with Crippen LogP contribution in [0.25, 0.3) is 0 Å². The topological polar surface area (TPSA) is 29.5 Å². The van der Waals surface area contributed by atoms with Gasteiger partial charge in [0.2, 0.25) is 0 Å². The SMILES string of the molecule is OCC#Cc1cccc(OC(F)(F)C(F)F)c1. The number of hydrogen-bond acceptors (Lipinski definition) is 2. The number of benzene rings is 1. The maximum absolute atomic E-state index is 12.6. The van der Waals surface area contributed by atoms with E-state index in [-0.39, 0.29) is 5.56 Å². The zero-order chi connectivity index (χ0) is 12.9. The van der Waals surface area contributed by atoms with Crippen molar-refractivity contribution >= 4 is 0 Å². The molecule has 0 aliphatic heterocycles. The Morgan fingerprint density at radius 1 is 1.35 bits per heavy atom. The summed E-state index contributed by atoms with van der Waals surface area (Å²) in [7, 11) is 0. The van der Waals surface area contributed by atoms with Crippen LogP contribution >= 0.6 is 0 Å². The summed E-state index contributed by atoms with van der Waals surface area (Å²) in [5.41, 5.74) is 0.279. The van der Waals surface area contributed by atoms with Gasteiger partial charge in [0.1, 0.15) is 12.4 Å². The maximum Gasteiger partial charge on any atom is 0.461 e. The van der Waals surface area contributed by atoms with Gasteiger partial charge in [-0.2, -0.15) is 17.6 Å². The Kier molecular flexibility index (Phi) is 4.35. The second-order valence-corrected chi connectivity index (χ2v) is 2.95. The van der Waals surface area contributed by atoms with E-state index in [9.17, 15) is 17.6 Å². The zero-order valence-electron chi connectivity index (χ0n) is 8.46. The molecule has 0 radical (unpaired) electrons. The molecule has 0 aromatic heterocycles. The lowest BCUT2D eigenvalue weighted by molar-refractivity contribution is -0.253. The van der Waals surface area contributed by atoms with Crippen molar-refractivity contribution in [2.75, 3.05) is 6.61 Å². The van der Waals surface area contributed by atoms with E-state index in [4.69, 9.17) is 5.11 Å². The molecule has 92 valence electrons. The van der Waals surface area contributed by atoms with Crippen LogP contribution in [0.1, 0.15) is 5.56 Å². The predicted octanol–water partition coefficient (Wildman–Crippen LogP) is 2.27. The van der Waals surface area contributed by atoms with Crippen molar-refractivity contribution in [3.8, 4) is 17.6 Å².